The number of nitrogens with zero attached hydrogens (tertiary/aromatic N) is 2. The molecule has 0 unspecified atom stereocenters. The standard InChI is InChI=1S/C26H24ClN3O3/c27-21-14-12-20(13-15-21)17-30-25(32)22-10-4-5-11-23(22)29(26(30)33)18-24(31)28-16-6-9-19-7-2-1-3-8-19/h1-5,7-8,10-15H,6,9,16-18H2,(H,28,31). The van der Waals surface area contributed by atoms with Gasteiger partial charge >= 0.3 is 5.69 Å². The quantitative estimate of drug-likeness (QED) is 0.407. The van der Waals surface area contributed by atoms with Gasteiger partial charge in [0.05, 0.1) is 17.4 Å². The second-order valence-corrected chi connectivity index (χ2v) is 8.28. The molecule has 4 aromatic rings. The van der Waals surface area contributed by atoms with Crippen molar-refractivity contribution in [2.75, 3.05) is 6.54 Å². The summed E-state index contributed by atoms with van der Waals surface area (Å²) in [6.45, 7) is 0.439. The first-order chi connectivity index (χ1) is 16.0. The molecule has 0 bridgehead atoms. The zero-order valence-electron chi connectivity index (χ0n) is 18.0. The molecule has 4 rings (SSSR count). The maximum atomic E-state index is 13.2. The van der Waals surface area contributed by atoms with Crippen LogP contribution in [0.4, 0.5) is 0 Å². The van der Waals surface area contributed by atoms with Crippen LogP contribution in [0.2, 0.25) is 5.02 Å². The molecular formula is C26H24ClN3O3. The minimum Gasteiger partial charge on any atom is -0.355 e. The number of hydrogen-bond donors (Lipinski definition) is 1. The Morgan fingerprint density at radius 2 is 1.52 bits per heavy atom. The molecule has 0 atom stereocenters. The second-order valence-electron chi connectivity index (χ2n) is 7.84. The third-order valence-electron chi connectivity index (χ3n) is 5.50. The van der Waals surface area contributed by atoms with Gasteiger partial charge in [0.15, 0.2) is 0 Å². The molecule has 0 fully saturated rings. The van der Waals surface area contributed by atoms with Crippen LogP contribution in [0, 0.1) is 0 Å². The van der Waals surface area contributed by atoms with Crippen molar-refractivity contribution in [3.8, 4) is 0 Å². The van der Waals surface area contributed by atoms with Gasteiger partial charge in [0.2, 0.25) is 5.91 Å². The summed E-state index contributed by atoms with van der Waals surface area (Å²) >= 11 is 5.95. The fourth-order valence-electron chi connectivity index (χ4n) is 3.80. The molecule has 0 aliphatic rings. The van der Waals surface area contributed by atoms with Gasteiger partial charge in [-0.2, -0.15) is 0 Å². The van der Waals surface area contributed by atoms with Crippen molar-refractivity contribution >= 4 is 28.4 Å². The molecule has 1 N–H and O–H groups in total. The third-order valence-corrected chi connectivity index (χ3v) is 5.75. The summed E-state index contributed by atoms with van der Waals surface area (Å²) in [5.41, 5.74) is 1.52. The van der Waals surface area contributed by atoms with Crippen LogP contribution in [0.25, 0.3) is 10.9 Å². The second kappa shape index (κ2) is 10.3. The lowest BCUT2D eigenvalue weighted by Crippen LogP contribution is -2.43. The van der Waals surface area contributed by atoms with E-state index < -0.39 is 5.69 Å². The number of amides is 1. The molecule has 7 heteroatoms. The van der Waals surface area contributed by atoms with Crippen molar-refractivity contribution in [2.24, 2.45) is 0 Å². The highest BCUT2D eigenvalue weighted by Gasteiger charge is 2.15. The normalized spacial score (nSPS) is 10.9. The highest BCUT2D eigenvalue weighted by molar-refractivity contribution is 6.30. The zero-order chi connectivity index (χ0) is 23.2. The Hall–Kier alpha value is -3.64. The number of hydrogen-bond acceptors (Lipinski definition) is 3. The molecule has 1 amide bonds. The van der Waals surface area contributed by atoms with Crippen molar-refractivity contribution in [2.45, 2.75) is 25.9 Å². The summed E-state index contributed by atoms with van der Waals surface area (Å²) in [6, 6.07) is 23.9. The summed E-state index contributed by atoms with van der Waals surface area (Å²) in [7, 11) is 0. The smallest absolute Gasteiger partial charge is 0.332 e. The maximum absolute atomic E-state index is 13.2. The summed E-state index contributed by atoms with van der Waals surface area (Å²) in [4.78, 5) is 38.9. The van der Waals surface area contributed by atoms with Gasteiger partial charge in [-0.1, -0.05) is 66.2 Å². The van der Waals surface area contributed by atoms with Gasteiger partial charge in [-0.05, 0) is 48.2 Å². The Labute approximate surface area is 196 Å². The van der Waals surface area contributed by atoms with E-state index in [9.17, 15) is 14.4 Å². The summed E-state index contributed by atoms with van der Waals surface area (Å²) in [5.74, 6) is -0.271. The van der Waals surface area contributed by atoms with Gasteiger partial charge in [0.1, 0.15) is 6.54 Å². The van der Waals surface area contributed by atoms with Crippen LogP contribution in [0.3, 0.4) is 0 Å². The Morgan fingerprint density at radius 1 is 0.818 bits per heavy atom. The lowest BCUT2D eigenvalue weighted by Gasteiger charge is -2.14. The van der Waals surface area contributed by atoms with Crippen LogP contribution in [0.5, 0.6) is 0 Å². The lowest BCUT2D eigenvalue weighted by atomic mass is 10.1. The SMILES string of the molecule is O=C(Cn1c(=O)n(Cc2ccc(Cl)cc2)c(=O)c2ccccc21)NCCCc1ccccc1. The van der Waals surface area contributed by atoms with Crippen LogP contribution < -0.4 is 16.6 Å². The number of aryl methyl sites for hydroxylation is 1. The van der Waals surface area contributed by atoms with Gasteiger partial charge in [0, 0.05) is 11.6 Å². The molecule has 6 nitrogen and oxygen atoms in total. The van der Waals surface area contributed by atoms with E-state index in [1.807, 2.05) is 18.2 Å². The minimum absolute atomic E-state index is 0.0956. The number of fused-ring (bicyclic) bond motifs is 1. The van der Waals surface area contributed by atoms with E-state index in [0.717, 1.165) is 23.0 Å². The van der Waals surface area contributed by atoms with Gasteiger partial charge in [-0.15, -0.1) is 0 Å². The highest BCUT2D eigenvalue weighted by atomic mass is 35.5. The van der Waals surface area contributed by atoms with Gasteiger partial charge in [-0.25, -0.2) is 4.79 Å². The Morgan fingerprint density at radius 3 is 2.27 bits per heavy atom. The molecule has 1 aromatic heterocycles. The molecule has 168 valence electrons. The predicted octanol–water partition coefficient (Wildman–Crippen LogP) is 3.61. The first-order valence-electron chi connectivity index (χ1n) is 10.8. The molecule has 0 radical (unpaired) electrons. The number of benzene rings is 3. The summed E-state index contributed by atoms with van der Waals surface area (Å²) < 4.78 is 2.52. The molecule has 0 spiro atoms. The largest absolute Gasteiger partial charge is 0.355 e. The first-order valence-corrected chi connectivity index (χ1v) is 11.2. The number of halogens is 1. The lowest BCUT2D eigenvalue weighted by molar-refractivity contribution is -0.121. The van der Waals surface area contributed by atoms with Gasteiger partial charge in [0.25, 0.3) is 5.56 Å². The van der Waals surface area contributed by atoms with Crippen LogP contribution in [0.1, 0.15) is 17.5 Å². The van der Waals surface area contributed by atoms with Crippen LogP contribution >= 0.6 is 11.6 Å². The molecule has 0 aliphatic heterocycles. The minimum atomic E-state index is -0.520. The molecule has 1 heterocycles. The van der Waals surface area contributed by atoms with E-state index in [4.69, 9.17) is 11.6 Å². The number of para-hydroxylation sites is 1. The molecule has 33 heavy (non-hydrogen) atoms. The predicted molar refractivity (Wildman–Crippen MR) is 131 cm³/mol. The summed E-state index contributed by atoms with van der Waals surface area (Å²) in [5, 5.41) is 3.85. The number of aromatic nitrogens is 2. The molecule has 0 saturated carbocycles. The number of carbonyl (C=O) groups is 1. The van der Waals surface area contributed by atoms with Crippen molar-refractivity contribution in [1.82, 2.24) is 14.5 Å². The maximum Gasteiger partial charge on any atom is 0.332 e. The molecular weight excluding hydrogens is 438 g/mol. The fourth-order valence-corrected chi connectivity index (χ4v) is 3.93. The van der Waals surface area contributed by atoms with Crippen molar-refractivity contribution < 1.29 is 4.79 Å². The van der Waals surface area contributed by atoms with Crippen molar-refractivity contribution in [1.29, 1.82) is 0 Å². The van der Waals surface area contributed by atoms with E-state index in [1.165, 1.54) is 10.1 Å². The van der Waals surface area contributed by atoms with Crippen LogP contribution in [-0.2, 0) is 24.3 Å². The average Bonchev–Trinajstić information content (AvgIpc) is 2.84. The van der Waals surface area contributed by atoms with E-state index in [2.05, 4.69) is 17.4 Å². The monoisotopic (exact) mass is 461 g/mol. The summed E-state index contributed by atoms with van der Waals surface area (Å²) in [6.07, 6.45) is 1.65. The molecule has 0 aliphatic carbocycles. The Balaban J connectivity index is 1.54. The van der Waals surface area contributed by atoms with Gasteiger partial charge in [-0.3, -0.25) is 18.7 Å². The Kier molecular flexibility index (Phi) is 7.05. The number of carbonyl (C=O) groups excluding carboxylic acids is 1. The van der Waals surface area contributed by atoms with E-state index in [-0.39, 0.29) is 24.6 Å². The zero-order valence-corrected chi connectivity index (χ0v) is 18.8. The van der Waals surface area contributed by atoms with Crippen molar-refractivity contribution in [3.05, 3.63) is 116 Å². The first kappa shape index (κ1) is 22.6. The highest BCUT2D eigenvalue weighted by Crippen LogP contribution is 2.11. The van der Waals surface area contributed by atoms with E-state index >= 15 is 0 Å². The fraction of sp³-hybridized carbons (Fsp3) is 0.192. The Bertz CT molecular complexity index is 1380. The van der Waals surface area contributed by atoms with Gasteiger partial charge < -0.3 is 5.32 Å². The number of nitrogens with one attached hydrogen (secondary N) is 1. The van der Waals surface area contributed by atoms with Crippen LogP contribution in [0.15, 0.2) is 88.5 Å². The average molecular weight is 462 g/mol. The van der Waals surface area contributed by atoms with Crippen LogP contribution in [-0.4, -0.2) is 21.6 Å². The topological polar surface area (TPSA) is 73.1 Å². The number of rotatable bonds is 8. The molecule has 3 aromatic carbocycles. The third kappa shape index (κ3) is 5.41. The van der Waals surface area contributed by atoms with Crippen molar-refractivity contribution in [3.63, 3.8) is 0 Å². The molecule has 0 saturated heterocycles. The van der Waals surface area contributed by atoms with E-state index in [0.29, 0.717) is 22.5 Å². The van der Waals surface area contributed by atoms with E-state index in [1.54, 1.807) is 48.5 Å².